The zero-order valence-electron chi connectivity index (χ0n) is 32.4. The van der Waals surface area contributed by atoms with Gasteiger partial charge in [0.15, 0.2) is 0 Å². The molecule has 1 aliphatic carbocycles. The molecular weight excluding hydrogens is 669 g/mol. The Balaban J connectivity index is 1.41. The van der Waals surface area contributed by atoms with Crippen molar-refractivity contribution in [2.45, 2.75) is 47.5 Å². The highest BCUT2D eigenvalue weighted by Crippen LogP contribution is 2.45. The Kier molecular flexibility index (Phi) is 9.28. The van der Waals surface area contributed by atoms with Gasteiger partial charge in [-0.3, -0.25) is 0 Å². The Morgan fingerprint density at radius 3 is 1.96 bits per heavy atom. The van der Waals surface area contributed by atoms with Gasteiger partial charge in [-0.2, -0.15) is 0 Å². The molecule has 4 heteroatoms. The molecule has 0 aliphatic heterocycles. The quantitative estimate of drug-likeness (QED) is 0.154. The molecule has 0 saturated heterocycles. The molecule has 0 atom stereocenters. The summed E-state index contributed by atoms with van der Waals surface area (Å²) < 4.78 is 4.71. The van der Waals surface area contributed by atoms with Crippen LogP contribution in [0.5, 0.6) is 0 Å². The fourth-order valence-electron chi connectivity index (χ4n) is 8.67. The summed E-state index contributed by atoms with van der Waals surface area (Å²) in [5.41, 5.74) is 31.5. The number of fused-ring (bicyclic) bond motifs is 9. The second-order valence-corrected chi connectivity index (χ2v) is 14.6. The number of nitrogens with two attached hydrogens (primary N) is 2. The summed E-state index contributed by atoms with van der Waals surface area (Å²) in [6, 6.07) is 32.0. The normalized spacial score (nSPS) is 14.3. The van der Waals surface area contributed by atoms with Crippen LogP contribution in [-0.2, 0) is 12.8 Å². The first kappa shape index (κ1) is 35.5. The van der Waals surface area contributed by atoms with Crippen LogP contribution in [0.1, 0.15) is 49.9 Å². The SMILES string of the molecule is C=C/C=C(\C(C)=C/C)c1ccc2c(c1)c1cc3c(cc1n2/C(C)=C/C=C\N)-c1cc2c(cc1CC3)c1cc(-c3ccccc3C)ccc1n2C(/C=C\C)=C/N. The highest BCUT2D eigenvalue weighted by atomic mass is 15.0. The summed E-state index contributed by atoms with van der Waals surface area (Å²) >= 11 is 0. The molecule has 0 fully saturated rings. The molecule has 0 radical (unpaired) electrons. The highest BCUT2D eigenvalue weighted by molar-refractivity contribution is 6.15. The van der Waals surface area contributed by atoms with Crippen molar-refractivity contribution in [2.24, 2.45) is 11.5 Å². The molecule has 8 rings (SSSR count). The highest BCUT2D eigenvalue weighted by Gasteiger charge is 2.24. The van der Waals surface area contributed by atoms with E-state index in [-0.39, 0.29) is 0 Å². The lowest BCUT2D eigenvalue weighted by Crippen LogP contribution is -2.05. The number of aryl methyl sites for hydroxylation is 3. The predicted molar refractivity (Wildman–Crippen MR) is 240 cm³/mol. The van der Waals surface area contributed by atoms with Crippen LogP contribution >= 0.6 is 0 Å². The van der Waals surface area contributed by atoms with Crippen LogP contribution in [0.3, 0.4) is 0 Å². The molecule has 5 aromatic carbocycles. The third-order valence-corrected chi connectivity index (χ3v) is 11.4. The van der Waals surface area contributed by atoms with Crippen LogP contribution in [0.25, 0.3) is 82.8 Å². The predicted octanol–water partition coefficient (Wildman–Crippen LogP) is 12.8. The number of hydrogen-bond acceptors (Lipinski definition) is 2. The third kappa shape index (κ3) is 5.86. The number of benzene rings is 5. The van der Waals surface area contributed by atoms with Gasteiger partial charge in [0.2, 0.25) is 0 Å². The van der Waals surface area contributed by atoms with Crippen molar-refractivity contribution in [2.75, 3.05) is 0 Å². The topological polar surface area (TPSA) is 61.9 Å². The van der Waals surface area contributed by atoms with E-state index in [0.717, 1.165) is 35.3 Å². The van der Waals surface area contributed by atoms with Crippen LogP contribution in [0.2, 0.25) is 0 Å². The van der Waals surface area contributed by atoms with Crippen molar-refractivity contribution in [1.82, 2.24) is 9.13 Å². The molecule has 272 valence electrons. The van der Waals surface area contributed by atoms with Crippen LogP contribution in [0, 0.1) is 6.92 Å². The Bertz CT molecular complexity index is 2890. The van der Waals surface area contributed by atoms with Gasteiger partial charge in [0, 0.05) is 33.4 Å². The first-order valence-corrected chi connectivity index (χ1v) is 19.2. The zero-order valence-corrected chi connectivity index (χ0v) is 32.4. The molecule has 7 aromatic rings. The van der Waals surface area contributed by atoms with Gasteiger partial charge in [-0.1, -0.05) is 67.3 Å². The zero-order chi connectivity index (χ0) is 38.4. The van der Waals surface area contributed by atoms with Gasteiger partial charge in [-0.15, -0.1) is 0 Å². The monoisotopic (exact) mass is 716 g/mol. The number of rotatable bonds is 8. The van der Waals surface area contributed by atoms with Crippen molar-refractivity contribution in [3.8, 4) is 22.3 Å². The van der Waals surface area contributed by atoms with E-state index in [1.54, 1.807) is 12.4 Å². The van der Waals surface area contributed by atoms with Crippen molar-refractivity contribution in [3.63, 3.8) is 0 Å². The van der Waals surface area contributed by atoms with Crippen LogP contribution < -0.4 is 11.5 Å². The molecule has 2 heterocycles. The average Bonchev–Trinajstić information content (AvgIpc) is 3.70. The summed E-state index contributed by atoms with van der Waals surface area (Å²) in [6.07, 6.45) is 19.5. The number of nitrogens with zero attached hydrogens (tertiary/aromatic N) is 2. The molecule has 4 nitrogen and oxygen atoms in total. The van der Waals surface area contributed by atoms with Crippen LogP contribution in [0.4, 0.5) is 0 Å². The fraction of sp³-hybridized carbons (Fsp3) is 0.137. The third-order valence-electron chi connectivity index (χ3n) is 11.4. The lowest BCUT2D eigenvalue weighted by molar-refractivity contribution is 0.946. The van der Waals surface area contributed by atoms with Crippen LogP contribution in [0.15, 0.2) is 152 Å². The summed E-state index contributed by atoms with van der Waals surface area (Å²) in [5, 5.41) is 4.95. The van der Waals surface area contributed by atoms with Gasteiger partial charge in [0.05, 0.1) is 27.8 Å². The minimum atomic E-state index is 0.945. The average molecular weight is 717 g/mol. The second-order valence-electron chi connectivity index (χ2n) is 14.6. The first-order chi connectivity index (χ1) is 26.8. The number of aromatic nitrogens is 2. The van der Waals surface area contributed by atoms with Gasteiger partial charge < -0.3 is 20.6 Å². The van der Waals surface area contributed by atoms with Gasteiger partial charge in [0.1, 0.15) is 0 Å². The lowest BCUT2D eigenvalue weighted by Gasteiger charge is -2.21. The lowest BCUT2D eigenvalue weighted by atomic mass is 9.84. The van der Waals surface area contributed by atoms with Crippen molar-refractivity contribution in [3.05, 3.63) is 174 Å². The van der Waals surface area contributed by atoms with E-state index >= 15 is 0 Å². The minimum absolute atomic E-state index is 0.945. The fourth-order valence-corrected chi connectivity index (χ4v) is 8.67. The molecule has 1 aliphatic rings. The van der Waals surface area contributed by atoms with Crippen molar-refractivity contribution in [1.29, 1.82) is 0 Å². The Labute approximate surface area is 324 Å². The van der Waals surface area contributed by atoms with Gasteiger partial charge in [-0.25, -0.2) is 0 Å². The Hall–Kier alpha value is -6.52. The molecule has 0 unspecified atom stereocenters. The summed E-state index contributed by atoms with van der Waals surface area (Å²) in [5.74, 6) is 0. The van der Waals surface area contributed by atoms with Crippen LogP contribution in [-0.4, -0.2) is 9.13 Å². The molecule has 55 heavy (non-hydrogen) atoms. The summed E-state index contributed by atoms with van der Waals surface area (Å²) in [7, 11) is 0. The van der Waals surface area contributed by atoms with E-state index in [9.17, 15) is 0 Å². The summed E-state index contributed by atoms with van der Waals surface area (Å²) in [4.78, 5) is 0. The van der Waals surface area contributed by atoms with Gasteiger partial charge >= 0.3 is 0 Å². The van der Waals surface area contributed by atoms with Crippen molar-refractivity contribution < 1.29 is 0 Å². The number of allylic oxidation sites excluding steroid dienone is 11. The molecule has 0 amide bonds. The Morgan fingerprint density at radius 2 is 1.33 bits per heavy atom. The largest absolute Gasteiger partial charge is 0.405 e. The number of hydrogen-bond donors (Lipinski definition) is 2. The molecule has 0 bridgehead atoms. The smallest absolute Gasteiger partial charge is 0.0613 e. The van der Waals surface area contributed by atoms with E-state index in [0.29, 0.717) is 0 Å². The standard InChI is InChI=1S/C51H48N4/c1-7-13-39(31-53)55-49-23-21-36(41-17-11-10-15-33(41)5)26-45(49)47-28-38-19-18-37-27-46-44-25-35(40(14-8-2)32(4)9-3)20-22-48(44)54(34(6)16-12-24-52)50(46)29-42(37)43(38)30-51(47)55/h7-17,20-31H,2,18-19,52-53H2,1,3-6H3/b13-7-,24-12-,32-9-,34-16+,39-31+,40-14+. The summed E-state index contributed by atoms with van der Waals surface area (Å²) in [6.45, 7) is 14.6. The molecular formula is C51H48N4. The van der Waals surface area contributed by atoms with E-state index in [4.69, 9.17) is 11.5 Å². The van der Waals surface area contributed by atoms with E-state index < -0.39 is 0 Å². The maximum atomic E-state index is 6.37. The maximum Gasteiger partial charge on any atom is 0.0613 e. The second kappa shape index (κ2) is 14.4. The molecule has 2 aromatic heterocycles. The maximum absolute atomic E-state index is 6.37. The van der Waals surface area contributed by atoms with E-state index in [2.05, 4.69) is 159 Å². The molecule has 4 N–H and O–H groups in total. The van der Waals surface area contributed by atoms with Gasteiger partial charge in [-0.05, 0) is 176 Å². The van der Waals surface area contributed by atoms with E-state index in [1.165, 1.54) is 88.2 Å². The van der Waals surface area contributed by atoms with Crippen molar-refractivity contribution >= 4 is 60.6 Å². The molecule has 0 spiro atoms. The Morgan fingerprint density at radius 1 is 0.691 bits per heavy atom. The first-order valence-electron chi connectivity index (χ1n) is 19.2. The van der Waals surface area contributed by atoms with E-state index in [1.807, 2.05) is 19.1 Å². The molecule has 0 saturated carbocycles. The minimum Gasteiger partial charge on any atom is -0.405 e. The van der Waals surface area contributed by atoms with Gasteiger partial charge in [0.25, 0.3) is 0 Å².